The Hall–Kier alpha value is -2.48. The van der Waals surface area contributed by atoms with Gasteiger partial charge in [0.2, 0.25) is 0 Å². The molecule has 1 rings (SSSR count). The lowest BCUT2D eigenvalue weighted by molar-refractivity contribution is -0.131. The van der Waals surface area contributed by atoms with Crippen LogP contribution >= 0.6 is 0 Å². The topological polar surface area (TPSA) is 78.2 Å². The van der Waals surface area contributed by atoms with Crippen LogP contribution in [0.3, 0.4) is 0 Å². The van der Waals surface area contributed by atoms with Crippen LogP contribution in [-0.2, 0) is 4.79 Å². The lowest BCUT2D eigenvalue weighted by atomic mass is 10.0. The standard InChI is InChI=1S/C11H6FNO3/c12-9-3-7(1-2-11(15)16)10(6-14)8(4-9)5-13/h1-4,6H,(H,15,16)/b2-1+. The molecule has 0 aliphatic carbocycles. The molecule has 0 saturated carbocycles. The second-order valence-corrected chi connectivity index (χ2v) is 2.86. The van der Waals surface area contributed by atoms with Crippen molar-refractivity contribution in [1.82, 2.24) is 0 Å². The van der Waals surface area contributed by atoms with E-state index in [1.165, 1.54) is 0 Å². The molecule has 16 heavy (non-hydrogen) atoms. The van der Waals surface area contributed by atoms with Gasteiger partial charge in [-0.2, -0.15) is 5.26 Å². The summed E-state index contributed by atoms with van der Waals surface area (Å²) in [5.41, 5.74) is -0.0876. The van der Waals surface area contributed by atoms with E-state index in [2.05, 4.69) is 0 Å². The van der Waals surface area contributed by atoms with Gasteiger partial charge in [-0.25, -0.2) is 9.18 Å². The average Bonchev–Trinajstić information content (AvgIpc) is 2.25. The molecule has 0 radical (unpaired) electrons. The third kappa shape index (κ3) is 2.51. The summed E-state index contributed by atoms with van der Waals surface area (Å²) >= 11 is 0. The SMILES string of the molecule is N#Cc1cc(F)cc(/C=C/C(=O)O)c1C=O. The molecule has 1 aromatic rings. The van der Waals surface area contributed by atoms with Crippen molar-refractivity contribution in [2.24, 2.45) is 0 Å². The van der Waals surface area contributed by atoms with E-state index in [-0.39, 0.29) is 16.7 Å². The van der Waals surface area contributed by atoms with Crippen molar-refractivity contribution in [2.45, 2.75) is 0 Å². The number of rotatable bonds is 3. The molecule has 0 atom stereocenters. The molecule has 0 aliphatic heterocycles. The maximum Gasteiger partial charge on any atom is 0.328 e. The summed E-state index contributed by atoms with van der Waals surface area (Å²) in [6, 6.07) is 3.57. The lowest BCUT2D eigenvalue weighted by Gasteiger charge is -2.01. The molecule has 0 heterocycles. The monoisotopic (exact) mass is 219 g/mol. The van der Waals surface area contributed by atoms with Crippen molar-refractivity contribution in [3.8, 4) is 6.07 Å². The Morgan fingerprint density at radius 3 is 2.69 bits per heavy atom. The van der Waals surface area contributed by atoms with E-state index < -0.39 is 11.8 Å². The van der Waals surface area contributed by atoms with Crippen LogP contribution < -0.4 is 0 Å². The molecule has 4 nitrogen and oxygen atoms in total. The van der Waals surface area contributed by atoms with Gasteiger partial charge in [-0.15, -0.1) is 0 Å². The minimum absolute atomic E-state index is 0.0265. The Morgan fingerprint density at radius 2 is 2.19 bits per heavy atom. The fourth-order valence-electron chi connectivity index (χ4n) is 1.16. The van der Waals surface area contributed by atoms with E-state index in [4.69, 9.17) is 10.4 Å². The number of halogens is 1. The normalized spacial score (nSPS) is 10.0. The highest BCUT2D eigenvalue weighted by molar-refractivity contribution is 5.90. The van der Waals surface area contributed by atoms with E-state index in [0.29, 0.717) is 6.29 Å². The Bertz CT molecular complexity index is 515. The molecule has 0 saturated heterocycles. The van der Waals surface area contributed by atoms with Crippen LogP contribution in [0.2, 0.25) is 0 Å². The first-order valence-electron chi connectivity index (χ1n) is 4.18. The van der Waals surface area contributed by atoms with Crippen LogP contribution in [0.5, 0.6) is 0 Å². The minimum Gasteiger partial charge on any atom is -0.478 e. The molecule has 0 spiro atoms. The number of hydrogen-bond donors (Lipinski definition) is 1. The van der Waals surface area contributed by atoms with Crippen LogP contribution in [0.1, 0.15) is 21.5 Å². The number of aldehydes is 1. The Morgan fingerprint density at radius 1 is 1.50 bits per heavy atom. The van der Waals surface area contributed by atoms with Crippen LogP contribution in [0.25, 0.3) is 6.08 Å². The van der Waals surface area contributed by atoms with Crippen molar-refractivity contribution in [3.63, 3.8) is 0 Å². The zero-order valence-corrected chi connectivity index (χ0v) is 7.98. The number of carboxylic acid groups (broad SMARTS) is 1. The van der Waals surface area contributed by atoms with E-state index in [9.17, 15) is 14.0 Å². The van der Waals surface area contributed by atoms with E-state index in [0.717, 1.165) is 24.3 Å². The highest BCUT2D eigenvalue weighted by Gasteiger charge is 2.08. The molecule has 0 aromatic heterocycles. The summed E-state index contributed by atoms with van der Waals surface area (Å²) in [6.07, 6.45) is 2.22. The molecule has 80 valence electrons. The zero-order valence-electron chi connectivity index (χ0n) is 7.98. The maximum absolute atomic E-state index is 13.0. The lowest BCUT2D eigenvalue weighted by Crippen LogP contribution is -1.95. The highest BCUT2D eigenvalue weighted by Crippen LogP contribution is 2.16. The first-order chi connectivity index (χ1) is 7.58. The smallest absolute Gasteiger partial charge is 0.328 e. The largest absolute Gasteiger partial charge is 0.478 e. The molecular weight excluding hydrogens is 213 g/mol. The van der Waals surface area contributed by atoms with E-state index in [1.54, 1.807) is 6.07 Å². The first-order valence-corrected chi connectivity index (χ1v) is 4.18. The number of hydrogen-bond acceptors (Lipinski definition) is 3. The number of carbonyl (C=O) groups is 2. The third-order valence-corrected chi connectivity index (χ3v) is 1.82. The quantitative estimate of drug-likeness (QED) is 0.618. The summed E-state index contributed by atoms with van der Waals surface area (Å²) in [6.45, 7) is 0. The fourth-order valence-corrected chi connectivity index (χ4v) is 1.16. The third-order valence-electron chi connectivity index (χ3n) is 1.82. The summed E-state index contributed by atoms with van der Waals surface area (Å²) < 4.78 is 13.0. The summed E-state index contributed by atoms with van der Waals surface area (Å²) in [4.78, 5) is 21.0. The number of nitriles is 1. The Labute approximate surface area is 90.2 Å². The molecule has 0 aliphatic rings. The maximum atomic E-state index is 13.0. The van der Waals surface area contributed by atoms with Crippen molar-refractivity contribution < 1.29 is 19.1 Å². The van der Waals surface area contributed by atoms with Gasteiger partial charge < -0.3 is 5.11 Å². The van der Waals surface area contributed by atoms with Crippen molar-refractivity contribution in [2.75, 3.05) is 0 Å². The molecular formula is C11H6FNO3. The summed E-state index contributed by atoms with van der Waals surface area (Å²) in [7, 11) is 0. The molecule has 0 amide bonds. The van der Waals surface area contributed by atoms with Crippen LogP contribution in [0.15, 0.2) is 18.2 Å². The summed E-state index contributed by atoms with van der Waals surface area (Å²) in [5, 5.41) is 17.1. The van der Waals surface area contributed by atoms with Crippen molar-refractivity contribution in [3.05, 3.63) is 40.7 Å². The van der Waals surface area contributed by atoms with Gasteiger partial charge in [0, 0.05) is 11.6 Å². The van der Waals surface area contributed by atoms with Gasteiger partial charge in [-0.1, -0.05) is 0 Å². The first kappa shape index (κ1) is 11.6. The molecule has 0 bridgehead atoms. The van der Waals surface area contributed by atoms with Gasteiger partial charge in [0.15, 0.2) is 6.29 Å². The Kier molecular flexibility index (Phi) is 3.51. The van der Waals surface area contributed by atoms with Crippen molar-refractivity contribution in [1.29, 1.82) is 5.26 Å². The van der Waals surface area contributed by atoms with Gasteiger partial charge in [0.05, 0.1) is 11.6 Å². The van der Waals surface area contributed by atoms with Gasteiger partial charge in [-0.05, 0) is 23.8 Å². The molecule has 1 N–H and O–H groups in total. The second-order valence-electron chi connectivity index (χ2n) is 2.86. The van der Waals surface area contributed by atoms with Crippen molar-refractivity contribution >= 4 is 18.3 Å². The number of nitrogens with zero attached hydrogens (tertiary/aromatic N) is 1. The van der Waals surface area contributed by atoms with Gasteiger partial charge in [0.1, 0.15) is 5.82 Å². The van der Waals surface area contributed by atoms with E-state index in [1.807, 2.05) is 0 Å². The number of benzene rings is 1. The predicted octanol–water partition coefficient (Wildman–Crippen LogP) is 1.61. The van der Waals surface area contributed by atoms with E-state index >= 15 is 0 Å². The van der Waals surface area contributed by atoms with Gasteiger partial charge in [0.25, 0.3) is 0 Å². The van der Waals surface area contributed by atoms with Gasteiger partial charge >= 0.3 is 5.97 Å². The van der Waals surface area contributed by atoms with Crippen LogP contribution in [-0.4, -0.2) is 17.4 Å². The molecule has 0 fully saturated rings. The fraction of sp³-hybridized carbons (Fsp3) is 0. The minimum atomic E-state index is -1.22. The number of carboxylic acids is 1. The Balaban J connectivity index is 3.38. The molecule has 1 aromatic carbocycles. The highest BCUT2D eigenvalue weighted by atomic mass is 19.1. The molecule has 0 unspecified atom stereocenters. The second kappa shape index (κ2) is 4.84. The predicted molar refractivity (Wildman–Crippen MR) is 53.2 cm³/mol. The molecule has 5 heteroatoms. The zero-order chi connectivity index (χ0) is 12.1. The van der Waals surface area contributed by atoms with Gasteiger partial charge in [-0.3, -0.25) is 4.79 Å². The van der Waals surface area contributed by atoms with Crippen LogP contribution in [0.4, 0.5) is 4.39 Å². The van der Waals surface area contributed by atoms with Crippen LogP contribution in [0, 0.1) is 17.1 Å². The summed E-state index contributed by atoms with van der Waals surface area (Å²) in [5.74, 6) is -1.92. The number of carbonyl (C=O) groups excluding carboxylic acids is 1. The average molecular weight is 219 g/mol. The number of aliphatic carboxylic acids is 1.